The van der Waals surface area contributed by atoms with Gasteiger partial charge in [0.25, 0.3) is 0 Å². The summed E-state index contributed by atoms with van der Waals surface area (Å²) < 4.78 is 16.0. The number of carbonyl (C=O) groups excluding carboxylic acids is 1. The van der Waals surface area contributed by atoms with Gasteiger partial charge in [0.05, 0.1) is 34.5 Å². The number of aromatic nitrogens is 8. The van der Waals surface area contributed by atoms with E-state index in [9.17, 15) is 4.79 Å². The number of aromatic amines is 2. The molecule has 6 aromatic rings. The predicted octanol–water partition coefficient (Wildman–Crippen LogP) is 4.75. The Balaban J connectivity index is 1.45. The van der Waals surface area contributed by atoms with Crippen LogP contribution >= 0.6 is 0 Å². The van der Waals surface area contributed by atoms with Crippen LogP contribution in [0.5, 0.6) is 0 Å². The SMILES string of the molecule is CC(C)C(=O)Nc1cncc(-c2ncc3[nH]nc(-c4nc5nccc(-c6ccncc6)c5[nH]4)c3c2F)c1. The van der Waals surface area contributed by atoms with Gasteiger partial charge in [-0.15, -0.1) is 0 Å². The number of imidazole rings is 1. The normalized spacial score (nSPS) is 11.5. The van der Waals surface area contributed by atoms with Gasteiger partial charge >= 0.3 is 0 Å². The lowest BCUT2D eigenvalue weighted by molar-refractivity contribution is -0.118. The van der Waals surface area contributed by atoms with Gasteiger partial charge in [0.1, 0.15) is 11.4 Å². The molecule has 0 aliphatic carbocycles. The number of hydrogen-bond acceptors (Lipinski definition) is 7. The molecule has 3 N–H and O–H groups in total. The van der Waals surface area contributed by atoms with Crippen LogP contribution in [0.15, 0.2) is 61.4 Å². The van der Waals surface area contributed by atoms with Crippen LogP contribution < -0.4 is 5.32 Å². The van der Waals surface area contributed by atoms with E-state index in [-0.39, 0.29) is 22.9 Å². The van der Waals surface area contributed by atoms with Gasteiger partial charge < -0.3 is 10.3 Å². The Morgan fingerprint density at radius 2 is 1.81 bits per heavy atom. The second-order valence-electron chi connectivity index (χ2n) is 8.77. The Morgan fingerprint density at radius 3 is 2.62 bits per heavy atom. The largest absolute Gasteiger partial charge is 0.335 e. The van der Waals surface area contributed by atoms with E-state index in [1.54, 1.807) is 38.5 Å². The van der Waals surface area contributed by atoms with Crippen molar-refractivity contribution < 1.29 is 9.18 Å². The molecule has 0 aromatic carbocycles. The zero-order valence-electron chi connectivity index (χ0n) is 19.8. The van der Waals surface area contributed by atoms with Crippen LogP contribution in [-0.4, -0.2) is 46.0 Å². The fourth-order valence-corrected chi connectivity index (χ4v) is 4.07. The van der Waals surface area contributed by atoms with Crippen LogP contribution in [-0.2, 0) is 4.79 Å². The van der Waals surface area contributed by atoms with Crippen molar-refractivity contribution in [1.29, 1.82) is 0 Å². The first-order valence-electron chi connectivity index (χ1n) is 11.5. The van der Waals surface area contributed by atoms with Crippen LogP contribution in [0.3, 0.4) is 0 Å². The number of halogens is 1. The Kier molecular flexibility index (Phi) is 5.37. The molecule has 6 aromatic heterocycles. The van der Waals surface area contributed by atoms with Gasteiger partial charge in [-0.25, -0.2) is 14.4 Å². The molecule has 6 rings (SSSR count). The number of anilines is 1. The number of amides is 1. The number of H-pyrrole nitrogens is 2. The summed E-state index contributed by atoms with van der Waals surface area (Å²) in [7, 11) is 0. The summed E-state index contributed by atoms with van der Waals surface area (Å²) in [4.78, 5) is 36.8. The second kappa shape index (κ2) is 8.86. The number of nitrogens with one attached hydrogen (secondary N) is 3. The standard InChI is InChI=1S/C26H20FN9O/c1-13(2)26(37)32-16-9-15(10-29-11-16)21-20(27)19-18(12-31-21)35-36-23(19)25-33-22-17(5-8-30-24(22)34-25)14-3-6-28-7-4-14/h3-13H,1-2H3,(H,32,37)(H,35,36)(H,30,33,34). The molecule has 0 bridgehead atoms. The summed E-state index contributed by atoms with van der Waals surface area (Å²) in [6, 6.07) is 7.30. The lowest BCUT2D eigenvalue weighted by Gasteiger charge is -2.09. The zero-order chi connectivity index (χ0) is 25.5. The molecule has 1 amide bonds. The molecule has 0 saturated carbocycles. The topological polar surface area (TPSA) is 138 Å². The van der Waals surface area contributed by atoms with E-state index >= 15 is 4.39 Å². The Labute approximate surface area is 209 Å². The highest BCUT2D eigenvalue weighted by molar-refractivity contribution is 5.97. The minimum atomic E-state index is -0.585. The quantitative estimate of drug-likeness (QED) is 0.315. The molecule has 10 nitrogen and oxygen atoms in total. The maximum Gasteiger partial charge on any atom is 0.226 e. The van der Waals surface area contributed by atoms with Gasteiger partial charge in [-0.3, -0.25) is 24.8 Å². The van der Waals surface area contributed by atoms with Crippen molar-refractivity contribution >= 4 is 33.7 Å². The van der Waals surface area contributed by atoms with E-state index in [2.05, 4.69) is 45.4 Å². The molecule has 0 saturated heterocycles. The molecule has 0 fully saturated rings. The van der Waals surface area contributed by atoms with Crippen molar-refractivity contribution in [2.24, 2.45) is 5.92 Å². The van der Waals surface area contributed by atoms with Crippen molar-refractivity contribution in [3.8, 4) is 33.9 Å². The lowest BCUT2D eigenvalue weighted by Crippen LogP contribution is -2.17. The molecule has 11 heteroatoms. The van der Waals surface area contributed by atoms with E-state index in [1.165, 1.54) is 18.6 Å². The molecule has 0 spiro atoms. The number of pyridine rings is 4. The van der Waals surface area contributed by atoms with Crippen molar-refractivity contribution in [2.45, 2.75) is 13.8 Å². The molecular weight excluding hydrogens is 473 g/mol. The third-order valence-electron chi connectivity index (χ3n) is 5.96. The van der Waals surface area contributed by atoms with E-state index in [4.69, 9.17) is 0 Å². The van der Waals surface area contributed by atoms with Gasteiger partial charge in [-0.05, 0) is 29.8 Å². The lowest BCUT2D eigenvalue weighted by atomic mass is 10.1. The maximum absolute atomic E-state index is 16.0. The highest BCUT2D eigenvalue weighted by Crippen LogP contribution is 2.34. The molecule has 37 heavy (non-hydrogen) atoms. The van der Waals surface area contributed by atoms with Crippen LogP contribution in [0.2, 0.25) is 0 Å². The van der Waals surface area contributed by atoms with Crippen molar-refractivity contribution in [3.63, 3.8) is 0 Å². The maximum atomic E-state index is 16.0. The molecule has 0 unspecified atom stereocenters. The summed E-state index contributed by atoms with van der Waals surface area (Å²) in [6.07, 6.45) is 9.60. The first kappa shape index (κ1) is 22.4. The van der Waals surface area contributed by atoms with E-state index in [1.807, 2.05) is 18.2 Å². The highest BCUT2D eigenvalue weighted by Gasteiger charge is 2.22. The molecular formula is C26H20FN9O. The van der Waals surface area contributed by atoms with Crippen LogP contribution in [0.4, 0.5) is 10.1 Å². The van der Waals surface area contributed by atoms with Crippen molar-refractivity contribution in [1.82, 2.24) is 40.1 Å². The number of nitrogens with zero attached hydrogens (tertiary/aromatic N) is 6. The van der Waals surface area contributed by atoms with Crippen LogP contribution in [0, 0.1) is 11.7 Å². The average Bonchev–Trinajstić information content (AvgIpc) is 3.54. The minimum absolute atomic E-state index is 0.0787. The van der Waals surface area contributed by atoms with E-state index in [0.29, 0.717) is 39.4 Å². The number of carbonyl (C=O) groups is 1. The summed E-state index contributed by atoms with van der Waals surface area (Å²) in [6.45, 7) is 3.57. The second-order valence-corrected chi connectivity index (χ2v) is 8.77. The average molecular weight is 494 g/mol. The molecule has 0 aliphatic rings. The van der Waals surface area contributed by atoms with Gasteiger partial charge in [0.15, 0.2) is 17.3 Å². The number of rotatable bonds is 5. The smallest absolute Gasteiger partial charge is 0.226 e. The first-order valence-corrected chi connectivity index (χ1v) is 11.5. The van der Waals surface area contributed by atoms with Crippen molar-refractivity contribution in [2.75, 3.05) is 5.32 Å². The third kappa shape index (κ3) is 3.96. The summed E-state index contributed by atoms with van der Waals surface area (Å²) in [5.74, 6) is -0.592. The molecule has 0 aliphatic heterocycles. The summed E-state index contributed by atoms with van der Waals surface area (Å²) >= 11 is 0. The van der Waals surface area contributed by atoms with Gasteiger partial charge in [-0.2, -0.15) is 5.10 Å². The monoisotopic (exact) mass is 493 g/mol. The molecule has 0 radical (unpaired) electrons. The first-order chi connectivity index (χ1) is 18.0. The van der Waals surface area contributed by atoms with E-state index in [0.717, 1.165) is 11.1 Å². The Hall–Kier alpha value is -5.06. The molecule has 0 atom stereocenters. The van der Waals surface area contributed by atoms with Crippen LogP contribution in [0.25, 0.3) is 56.0 Å². The minimum Gasteiger partial charge on any atom is -0.335 e. The zero-order valence-corrected chi connectivity index (χ0v) is 19.8. The van der Waals surface area contributed by atoms with Gasteiger partial charge in [0.2, 0.25) is 5.91 Å². The highest BCUT2D eigenvalue weighted by atomic mass is 19.1. The Morgan fingerprint density at radius 1 is 0.973 bits per heavy atom. The van der Waals surface area contributed by atoms with Gasteiger partial charge in [-0.1, -0.05) is 13.8 Å². The van der Waals surface area contributed by atoms with E-state index < -0.39 is 5.82 Å². The molecule has 6 heterocycles. The fraction of sp³-hybridized carbons (Fsp3) is 0.115. The number of hydrogen-bond donors (Lipinski definition) is 3. The van der Waals surface area contributed by atoms with Crippen LogP contribution in [0.1, 0.15) is 13.8 Å². The Bertz CT molecular complexity index is 1780. The molecule has 182 valence electrons. The van der Waals surface area contributed by atoms with Gasteiger partial charge in [0, 0.05) is 41.8 Å². The third-order valence-corrected chi connectivity index (χ3v) is 5.96. The fourth-order valence-electron chi connectivity index (χ4n) is 4.07. The van der Waals surface area contributed by atoms with Crippen molar-refractivity contribution in [3.05, 3.63) is 67.3 Å². The summed E-state index contributed by atoms with van der Waals surface area (Å²) in [5.41, 5.74) is 4.68. The summed E-state index contributed by atoms with van der Waals surface area (Å²) in [5, 5.41) is 10.2. The predicted molar refractivity (Wildman–Crippen MR) is 137 cm³/mol. The number of fused-ring (bicyclic) bond motifs is 2.